The summed E-state index contributed by atoms with van der Waals surface area (Å²) >= 11 is 11.3. The van der Waals surface area contributed by atoms with Crippen LogP contribution in [0.25, 0.3) is 0 Å². The van der Waals surface area contributed by atoms with Crippen LogP contribution in [0.5, 0.6) is 0 Å². The van der Waals surface area contributed by atoms with Crippen molar-refractivity contribution in [3.8, 4) is 0 Å². The van der Waals surface area contributed by atoms with Crippen LogP contribution in [-0.4, -0.2) is 10.8 Å². The summed E-state index contributed by atoms with van der Waals surface area (Å²) in [5.74, 6) is 0. The molecule has 1 fully saturated rings. The van der Waals surface area contributed by atoms with Gasteiger partial charge in [-0.15, -0.1) is 23.2 Å². The molecule has 1 rings (SSSR count). The summed E-state index contributed by atoms with van der Waals surface area (Å²) in [5.41, 5.74) is 0. The number of hydrogen-bond acceptors (Lipinski definition) is 0. The Morgan fingerprint density at radius 3 is 1.71 bits per heavy atom. The molecule has 2 atom stereocenters. The first kappa shape index (κ1) is 5.71. The van der Waals surface area contributed by atoms with E-state index in [9.17, 15) is 0 Å². The molecule has 0 aromatic heterocycles. The molecule has 0 bridgehead atoms. The Bertz CT molecular complexity index is 55.1. The second-order valence-electron chi connectivity index (χ2n) is 1.80. The van der Waals surface area contributed by atoms with Crippen molar-refractivity contribution in [1.29, 1.82) is 0 Å². The van der Waals surface area contributed by atoms with Gasteiger partial charge in [-0.25, -0.2) is 0 Å². The van der Waals surface area contributed by atoms with Gasteiger partial charge in [0.1, 0.15) is 0 Å². The Balaban J connectivity index is 2.26. The number of alkyl halides is 2. The summed E-state index contributed by atoms with van der Waals surface area (Å²) in [6.45, 7) is 0. The molecule has 0 N–H and O–H groups in total. The Morgan fingerprint density at radius 2 is 1.57 bits per heavy atom. The standard InChI is InChI=1S/C5H7Cl2/c6-4-1-2-5(7)3-4/h3-5H,1-2H2. The average molecular weight is 138 g/mol. The molecule has 0 saturated heterocycles. The predicted octanol–water partition coefficient (Wildman–Crippen LogP) is 2.20. The molecule has 1 saturated carbocycles. The maximum Gasteiger partial charge on any atom is 0.0382 e. The maximum atomic E-state index is 5.67. The van der Waals surface area contributed by atoms with E-state index >= 15 is 0 Å². The van der Waals surface area contributed by atoms with Gasteiger partial charge < -0.3 is 0 Å². The quantitative estimate of drug-likeness (QED) is 0.450. The van der Waals surface area contributed by atoms with E-state index in [1.54, 1.807) is 0 Å². The fourth-order valence-electron chi connectivity index (χ4n) is 0.737. The predicted molar refractivity (Wildman–Crippen MR) is 32.8 cm³/mol. The Morgan fingerprint density at radius 1 is 1.14 bits per heavy atom. The fourth-order valence-corrected chi connectivity index (χ4v) is 1.42. The van der Waals surface area contributed by atoms with Crippen LogP contribution < -0.4 is 0 Å². The van der Waals surface area contributed by atoms with Crippen molar-refractivity contribution in [2.75, 3.05) is 0 Å². The van der Waals surface area contributed by atoms with E-state index in [4.69, 9.17) is 23.2 Å². The normalized spacial score (nSPS) is 42.0. The molecule has 0 aromatic carbocycles. The SMILES string of the molecule is ClC1[CH]C(Cl)CC1. The zero-order chi connectivity index (χ0) is 5.28. The van der Waals surface area contributed by atoms with Crippen LogP contribution in [0.1, 0.15) is 12.8 Å². The number of rotatable bonds is 0. The van der Waals surface area contributed by atoms with E-state index in [-0.39, 0.29) is 10.8 Å². The maximum absolute atomic E-state index is 5.67. The van der Waals surface area contributed by atoms with Gasteiger partial charge in [-0.05, 0) is 19.3 Å². The van der Waals surface area contributed by atoms with Gasteiger partial charge in [0.25, 0.3) is 0 Å². The third-order valence-electron chi connectivity index (χ3n) is 1.14. The molecule has 0 aromatic rings. The molecule has 2 unspecified atom stereocenters. The van der Waals surface area contributed by atoms with Crippen LogP contribution >= 0.6 is 23.2 Å². The molecular weight excluding hydrogens is 131 g/mol. The smallest absolute Gasteiger partial charge is 0.0382 e. The highest BCUT2D eigenvalue weighted by atomic mass is 35.5. The van der Waals surface area contributed by atoms with Gasteiger partial charge in [0, 0.05) is 10.8 Å². The van der Waals surface area contributed by atoms with E-state index in [1.165, 1.54) is 0 Å². The summed E-state index contributed by atoms with van der Waals surface area (Å²) in [4.78, 5) is 0. The molecule has 7 heavy (non-hydrogen) atoms. The van der Waals surface area contributed by atoms with Crippen LogP contribution in [0.4, 0.5) is 0 Å². The average Bonchev–Trinajstić information content (AvgIpc) is 1.87. The summed E-state index contributed by atoms with van der Waals surface area (Å²) < 4.78 is 0. The molecule has 41 valence electrons. The number of hydrogen-bond donors (Lipinski definition) is 0. The van der Waals surface area contributed by atoms with Crippen molar-refractivity contribution in [2.45, 2.75) is 23.6 Å². The van der Waals surface area contributed by atoms with E-state index in [1.807, 2.05) is 6.42 Å². The highest BCUT2D eigenvalue weighted by Gasteiger charge is 2.20. The van der Waals surface area contributed by atoms with Gasteiger partial charge in [0.15, 0.2) is 0 Å². The van der Waals surface area contributed by atoms with E-state index in [2.05, 4.69) is 0 Å². The molecule has 2 heteroatoms. The van der Waals surface area contributed by atoms with Crippen LogP contribution in [-0.2, 0) is 0 Å². The van der Waals surface area contributed by atoms with Gasteiger partial charge in [-0.3, -0.25) is 0 Å². The Kier molecular flexibility index (Phi) is 1.82. The minimum absolute atomic E-state index is 0.238. The lowest BCUT2D eigenvalue weighted by atomic mass is 10.4. The Hall–Kier alpha value is 0.580. The summed E-state index contributed by atoms with van der Waals surface area (Å²) in [7, 11) is 0. The van der Waals surface area contributed by atoms with Crippen molar-refractivity contribution in [3.63, 3.8) is 0 Å². The molecular formula is C5H7Cl2. The summed E-state index contributed by atoms with van der Waals surface area (Å²) in [5, 5.41) is 0.477. The molecule has 0 amide bonds. The van der Waals surface area contributed by atoms with E-state index < -0.39 is 0 Å². The second kappa shape index (κ2) is 2.23. The van der Waals surface area contributed by atoms with Crippen LogP contribution in [0.3, 0.4) is 0 Å². The number of halogens is 2. The molecule has 0 heterocycles. The minimum Gasteiger partial charge on any atom is -0.123 e. The van der Waals surface area contributed by atoms with Crippen molar-refractivity contribution >= 4 is 23.2 Å². The minimum atomic E-state index is 0.238. The third-order valence-corrected chi connectivity index (χ3v) is 1.86. The monoisotopic (exact) mass is 137 g/mol. The van der Waals surface area contributed by atoms with Crippen molar-refractivity contribution in [2.24, 2.45) is 0 Å². The van der Waals surface area contributed by atoms with Crippen LogP contribution in [0.15, 0.2) is 0 Å². The topological polar surface area (TPSA) is 0 Å². The fraction of sp³-hybridized carbons (Fsp3) is 0.800. The first-order valence-electron chi connectivity index (χ1n) is 2.42. The zero-order valence-electron chi connectivity index (χ0n) is 3.90. The molecule has 1 aliphatic rings. The zero-order valence-corrected chi connectivity index (χ0v) is 5.41. The van der Waals surface area contributed by atoms with Gasteiger partial charge in [-0.1, -0.05) is 0 Å². The summed E-state index contributed by atoms with van der Waals surface area (Å²) in [6.07, 6.45) is 4.08. The van der Waals surface area contributed by atoms with Gasteiger partial charge in [0.2, 0.25) is 0 Å². The van der Waals surface area contributed by atoms with Gasteiger partial charge in [-0.2, -0.15) is 0 Å². The Labute approximate surface area is 53.8 Å². The highest BCUT2D eigenvalue weighted by Crippen LogP contribution is 2.26. The van der Waals surface area contributed by atoms with Crippen LogP contribution in [0.2, 0.25) is 0 Å². The molecule has 1 aliphatic carbocycles. The molecule has 1 radical (unpaired) electrons. The van der Waals surface area contributed by atoms with Gasteiger partial charge >= 0.3 is 0 Å². The second-order valence-corrected chi connectivity index (χ2v) is 2.92. The van der Waals surface area contributed by atoms with E-state index in [0.717, 1.165) is 12.8 Å². The lowest BCUT2D eigenvalue weighted by Crippen LogP contribution is -1.92. The first-order valence-corrected chi connectivity index (χ1v) is 3.29. The molecule has 0 aliphatic heterocycles. The summed E-state index contributed by atoms with van der Waals surface area (Å²) in [6, 6.07) is 0. The molecule has 0 nitrogen and oxygen atoms in total. The van der Waals surface area contributed by atoms with Gasteiger partial charge in [0.05, 0.1) is 0 Å². The van der Waals surface area contributed by atoms with Crippen molar-refractivity contribution in [1.82, 2.24) is 0 Å². The lowest BCUT2D eigenvalue weighted by Gasteiger charge is -1.91. The highest BCUT2D eigenvalue weighted by molar-refractivity contribution is 6.26. The first-order chi connectivity index (χ1) is 3.29. The lowest BCUT2D eigenvalue weighted by molar-refractivity contribution is 0.893. The largest absolute Gasteiger partial charge is 0.123 e. The van der Waals surface area contributed by atoms with Crippen molar-refractivity contribution in [3.05, 3.63) is 6.42 Å². The third kappa shape index (κ3) is 1.50. The molecule has 0 spiro atoms. The van der Waals surface area contributed by atoms with Crippen molar-refractivity contribution < 1.29 is 0 Å². The van der Waals surface area contributed by atoms with Crippen LogP contribution in [0, 0.1) is 6.42 Å². The van der Waals surface area contributed by atoms with E-state index in [0.29, 0.717) is 0 Å².